The van der Waals surface area contributed by atoms with Crippen molar-refractivity contribution in [1.29, 1.82) is 0 Å². The maximum atomic E-state index is 12.7. The molecule has 1 aromatic rings. The second-order valence-corrected chi connectivity index (χ2v) is 3.83. The van der Waals surface area contributed by atoms with Crippen LogP contribution in [-0.2, 0) is 0 Å². The smallest absolute Gasteiger partial charge is 0.260 e. The molecule has 0 unspecified atom stereocenters. The summed E-state index contributed by atoms with van der Waals surface area (Å²) in [5.41, 5.74) is -0.331. The number of nitrogens with one attached hydrogen (secondary N) is 1. The molecule has 1 aliphatic rings. The molecule has 0 amide bonds. The Morgan fingerprint density at radius 3 is 3.00 bits per heavy atom. The fourth-order valence-corrected chi connectivity index (χ4v) is 1.84. The van der Waals surface area contributed by atoms with Gasteiger partial charge in [-0.2, -0.15) is 5.10 Å². The summed E-state index contributed by atoms with van der Waals surface area (Å²) >= 11 is 0. The standard InChI is InChI=1S/C9H11F2N3O2/c1-4-2-6(8(10)11)14-7(12-4)3-5(13-14)9(15)16/h3-4,6,8,12H,2H2,1H3,(H,15,16)/p-1/t4-,6+/m0/s1. The van der Waals surface area contributed by atoms with Crippen LogP contribution in [0, 0.1) is 0 Å². The number of rotatable bonds is 2. The second kappa shape index (κ2) is 3.73. The molecule has 0 saturated heterocycles. The molecule has 0 radical (unpaired) electrons. The number of nitrogens with zero attached hydrogens (tertiary/aromatic N) is 2. The number of carboxylic acid groups (broad SMARTS) is 1. The maximum absolute atomic E-state index is 12.7. The number of halogens is 2. The number of aromatic nitrogens is 2. The van der Waals surface area contributed by atoms with Crippen molar-refractivity contribution in [2.24, 2.45) is 0 Å². The summed E-state index contributed by atoms with van der Waals surface area (Å²) in [5.74, 6) is -1.17. The van der Waals surface area contributed by atoms with Crippen LogP contribution < -0.4 is 10.4 Å². The van der Waals surface area contributed by atoms with E-state index in [0.29, 0.717) is 5.82 Å². The number of fused-ring (bicyclic) bond motifs is 1. The fraction of sp³-hybridized carbons (Fsp3) is 0.556. The Bertz CT molecular complexity index is 419. The van der Waals surface area contributed by atoms with Gasteiger partial charge in [0.05, 0.1) is 5.97 Å². The zero-order chi connectivity index (χ0) is 11.9. The van der Waals surface area contributed by atoms with Crippen LogP contribution in [0.3, 0.4) is 0 Å². The average molecular weight is 230 g/mol. The molecule has 2 rings (SSSR count). The number of hydrogen-bond acceptors (Lipinski definition) is 4. The first-order valence-corrected chi connectivity index (χ1v) is 4.84. The van der Waals surface area contributed by atoms with Crippen molar-refractivity contribution in [3.05, 3.63) is 11.8 Å². The van der Waals surface area contributed by atoms with Crippen molar-refractivity contribution in [3.8, 4) is 0 Å². The molecule has 0 fully saturated rings. The Balaban J connectivity index is 2.41. The minimum Gasteiger partial charge on any atom is -0.543 e. The molecule has 7 heteroatoms. The van der Waals surface area contributed by atoms with Gasteiger partial charge >= 0.3 is 0 Å². The van der Waals surface area contributed by atoms with Crippen LogP contribution in [0.2, 0.25) is 0 Å². The molecule has 2 heterocycles. The molecule has 0 bridgehead atoms. The molecule has 2 atom stereocenters. The van der Waals surface area contributed by atoms with Crippen LogP contribution in [0.15, 0.2) is 6.07 Å². The third-order valence-electron chi connectivity index (χ3n) is 2.54. The summed E-state index contributed by atoms with van der Waals surface area (Å²) in [5, 5.41) is 17.1. The number of aromatic carboxylic acids is 1. The van der Waals surface area contributed by atoms with Gasteiger partial charge in [-0.1, -0.05) is 0 Å². The number of alkyl halides is 2. The van der Waals surface area contributed by atoms with Gasteiger partial charge in [0.1, 0.15) is 17.6 Å². The predicted molar refractivity (Wildman–Crippen MR) is 49.3 cm³/mol. The molecule has 0 aromatic carbocycles. The number of anilines is 1. The van der Waals surface area contributed by atoms with Gasteiger partial charge in [0.2, 0.25) is 0 Å². The quantitative estimate of drug-likeness (QED) is 0.791. The number of carbonyl (C=O) groups excluding carboxylic acids is 1. The van der Waals surface area contributed by atoms with Gasteiger partial charge in [0.25, 0.3) is 6.43 Å². The van der Waals surface area contributed by atoms with E-state index in [-0.39, 0.29) is 18.2 Å². The lowest BCUT2D eigenvalue weighted by atomic mass is 10.1. The molecule has 1 N–H and O–H groups in total. The highest BCUT2D eigenvalue weighted by atomic mass is 19.3. The molecular weight excluding hydrogens is 220 g/mol. The molecule has 0 aliphatic carbocycles. The summed E-state index contributed by atoms with van der Waals surface area (Å²) < 4.78 is 26.5. The Labute approximate surface area is 90.1 Å². The van der Waals surface area contributed by atoms with E-state index in [0.717, 1.165) is 4.68 Å². The zero-order valence-electron chi connectivity index (χ0n) is 8.48. The van der Waals surface area contributed by atoms with E-state index in [1.165, 1.54) is 6.07 Å². The number of carbonyl (C=O) groups is 1. The molecule has 1 aromatic heterocycles. The van der Waals surface area contributed by atoms with Crippen LogP contribution in [-0.4, -0.2) is 28.2 Å². The van der Waals surface area contributed by atoms with Crippen molar-refractivity contribution in [3.63, 3.8) is 0 Å². The molecule has 0 saturated carbocycles. The van der Waals surface area contributed by atoms with Gasteiger partial charge in [-0.25, -0.2) is 13.5 Å². The van der Waals surface area contributed by atoms with E-state index in [2.05, 4.69) is 10.4 Å². The maximum Gasteiger partial charge on any atom is 0.260 e. The summed E-state index contributed by atoms with van der Waals surface area (Å²) in [7, 11) is 0. The Hall–Kier alpha value is -1.66. The first-order chi connectivity index (χ1) is 7.49. The third kappa shape index (κ3) is 1.72. The Morgan fingerprint density at radius 2 is 2.44 bits per heavy atom. The first-order valence-electron chi connectivity index (χ1n) is 4.84. The molecule has 1 aliphatic heterocycles. The molecule has 5 nitrogen and oxygen atoms in total. The lowest BCUT2D eigenvalue weighted by molar-refractivity contribution is -0.255. The highest BCUT2D eigenvalue weighted by Gasteiger charge is 2.32. The minimum absolute atomic E-state index is 0.141. The Morgan fingerprint density at radius 1 is 1.75 bits per heavy atom. The largest absolute Gasteiger partial charge is 0.543 e. The van der Waals surface area contributed by atoms with Crippen LogP contribution in [0.1, 0.15) is 29.9 Å². The molecule has 16 heavy (non-hydrogen) atoms. The molecule has 0 spiro atoms. The van der Waals surface area contributed by atoms with Crippen molar-refractivity contribution < 1.29 is 18.7 Å². The normalized spacial score (nSPS) is 24.0. The Kier molecular flexibility index (Phi) is 2.53. The van der Waals surface area contributed by atoms with E-state index in [1.807, 2.05) is 0 Å². The number of hydrogen-bond donors (Lipinski definition) is 1. The van der Waals surface area contributed by atoms with Gasteiger partial charge < -0.3 is 15.2 Å². The lowest BCUT2D eigenvalue weighted by Gasteiger charge is -2.29. The minimum atomic E-state index is -2.57. The van der Waals surface area contributed by atoms with Crippen LogP contribution >= 0.6 is 0 Å². The molecular formula is C9H10F2N3O2-. The van der Waals surface area contributed by atoms with Gasteiger partial charge in [-0.15, -0.1) is 0 Å². The fourth-order valence-electron chi connectivity index (χ4n) is 1.84. The van der Waals surface area contributed by atoms with Gasteiger partial charge in [-0.3, -0.25) is 0 Å². The third-order valence-corrected chi connectivity index (χ3v) is 2.54. The van der Waals surface area contributed by atoms with E-state index < -0.39 is 18.4 Å². The zero-order valence-corrected chi connectivity index (χ0v) is 8.48. The monoisotopic (exact) mass is 230 g/mol. The van der Waals surface area contributed by atoms with Crippen molar-refractivity contribution in [2.45, 2.75) is 31.9 Å². The summed E-state index contributed by atoms with van der Waals surface area (Å²) in [6, 6.07) is -0.0162. The predicted octanol–water partition coefficient (Wildman–Crippen LogP) is 0.257. The summed E-state index contributed by atoms with van der Waals surface area (Å²) in [4.78, 5) is 10.6. The van der Waals surface area contributed by atoms with E-state index in [4.69, 9.17) is 0 Å². The molecule has 88 valence electrons. The van der Waals surface area contributed by atoms with Crippen LogP contribution in [0.4, 0.5) is 14.6 Å². The van der Waals surface area contributed by atoms with Crippen molar-refractivity contribution >= 4 is 11.8 Å². The topological polar surface area (TPSA) is 70.0 Å². The van der Waals surface area contributed by atoms with Crippen molar-refractivity contribution in [2.75, 3.05) is 5.32 Å². The number of carboxylic acids is 1. The first kappa shape index (κ1) is 10.8. The highest BCUT2D eigenvalue weighted by Crippen LogP contribution is 2.31. The SMILES string of the molecule is C[C@H]1C[C@H](C(F)F)n2nc(C(=O)[O-])cc2N1. The second-order valence-electron chi connectivity index (χ2n) is 3.83. The lowest BCUT2D eigenvalue weighted by Crippen LogP contribution is -2.33. The summed E-state index contributed by atoms with van der Waals surface area (Å²) in [6.45, 7) is 1.75. The van der Waals surface area contributed by atoms with E-state index in [1.54, 1.807) is 6.92 Å². The van der Waals surface area contributed by atoms with Crippen LogP contribution in [0.25, 0.3) is 0 Å². The van der Waals surface area contributed by atoms with Gasteiger partial charge in [0, 0.05) is 12.1 Å². The van der Waals surface area contributed by atoms with Crippen LogP contribution in [0.5, 0.6) is 0 Å². The van der Waals surface area contributed by atoms with Crippen molar-refractivity contribution in [1.82, 2.24) is 9.78 Å². The van der Waals surface area contributed by atoms with Gasteiger partial charge in [0.15, 0.2) is 0 Å². The summed E-state index contributed by atoms with van der Waals surface area (Å²) in [6.07, 6.45) is -2.36. The highest BCUT2D eigenvalue weighted by molar-refractivity contribution is 5.84. The average Bonchev–Trinajstić information content (AvgIpc) is 2.59. The van der Waals surface area contributed by atoms with E-state index >= 15 is 0 Å². The van der Waals surface area contributed by atoms with Gasteiger partial charge in [-0.05, 0) is 13.3 Å². The van der Waals surface area contributed by atoms with E-state index in [9.17, 15) is 18.7 Å².